The number of hydrogen-bond donors (Lipinski definition) is 5. The van der Waals surface area contributed by atoms with E-state index in [1.807, 2.05) is 18.2 Å². The highest BCUT2D eigenvalue weighted by Crippen LogP contribution is 2.26. The van der Waals surface area contributed by atoms with Crippen molar-refractivity contribution in [3.8, 4) is 5.75 Å². The summed E-state index contributed by atoms with van der Waals surface area (Å²) < 4.78 is 10.6. The third-order valence-corrected chi connectivity index (χ3v) is 2.89. The van der Waals surface area contributed by atoms with Crippen LogP contribution in [0.25, 0.3) is 10.9 Å². The summed E-state index contributed by atoms with van der Waals surface area (Å²) in [5, 5.41) is 18.5. The number of nitrogens with one attached hydrogen (secondary N) is 1. The van der Waals surface area contributed by atoms with E-state index in [0.29, 0.717) is 5.75 Å². The van der Waals surface area contributed by atoms with Gasteiger partial charge in [0.25, 0.3) is 7.82 Å². The van der Waals surface area contributed by atoms with Gasteiger partial charge in [-0.1, -0.05) is 15.9 Å². The van der Waals surface area contributed by atoms with Gasteiger partial charge in [-0.3, -0.25) is 4.57 Å². The van der Waals surface area contributed by atoms with E-state index in [0.717, 1.165) is 26.4 Å². The Kier molecular flexibility index (Phi) is 9.01. The molecule has 0 saturated heterocycles. The molecule has 0 spiro atoms. The number of aliphatic hydroxyl groups excluding tert-OH is 1. The lowest BCUT2D eigenvalue weighted by atomic mass is 10.2. The average molecular weight is 413 g/mol. The molecule has 0 saturated carbocycles. The molecular weight excluding hydrogens is 391 g/mol. The van der Waals surface area contributed by atoms with Crippen LogP contribution in [0, 0.1) is 0 Å². The van der Waals surface area contributed by atoms with Crippen molar-refractivity contribution in [3.05, 3.63) is 28.9 Å². The number of aromatic hydroxyl groups is 1. The van der Waals surface area contributed by atoms with Crippen LogP contribution in [-0.2, 0) is 4.57 Å². The second-order valence-electron chi connectivity index (χ2n) is 5.59. The quantitative estimate of drug-likeness (QED) is 0.364. The molecule has 0 atom stereocenters. The van der Waals surface area contributed by atoms with Crippen LogP contribution in [0.3, 0.4) is 0 Å². The monoisotopic (exact) mass is 412 g/mol. The van der Waals surface area contributed by atoms with Crippen LogP contribution >= 0.6 is 23.8 Å². The van der Waals surface area contributed by atoms with Crippen molar-refractivity contribution in [3.63, 3.8) is 0 Å². The first-order valence-electron chi connectivity index (χ1n) is 6.47. The summed E-state index contributed by atoms with van der Waals surface area (Å²) in [7, 11) is 1.27. The fraction of sp³-hybridized carbons (Fsp3) is 0.385. The molecule has 0 bridgehead atoms. The smallest absolute Gasteiger partial charge is 0.262 e. The predicted molar refractivity (Wildman–Crippen MR) is 89.7 cm³/mol. The number of likely N-dealkylation sites (N-methyl/N-ethyl adjacent to an activating group) is 1. The normalized spacial score (nSPS) is 11.3. The Balaban J connectivity index is 0.000000351. The minimum Gasteiger partial charge on any atom is -0.756 e. The van der Waals surface area contributed by atoms with Crippen molar-refractivity contribution in [2.75, 3.05) is 34.3 Å². The number of aromatic amines is 1. The Morgan fingerprint density at radius 3 is 2.22 bits per heavy atom. The average Bonchev–Trinajstić information content (AvgIpc) is 2.68. The van der Waals surface area contributed by atoms with Crippen LogP contribution in [0.15, 0.2) is 28.9 Å². The van der Waals surface area contributed by atoms with Crippen molar-refractivity contribution in [2.24, 2.45) is 0 Å². The van der Waals surface area contributed by atoms with E-state index in [9.17, 15) is 5.11 Å². The van der Waals surface area contributed by atoms with Gasteiger partial charge in [-0.2, -0.15) is 0 Å². The van der Waals surface area contributed by atoms with Crippen LogP contribution in [0.4, 0.5) is 0 Å². The minimum absolute atomic E-state index is 0.281. The first kappa shape index (κ1) is 22.1. The SMILES string of the molecule is C[N+](C)(C)CCO.O=P([O-])(O)O.Oc1c[nH]c2ccc(Br)cc12. The number of quaternary nitrogens is 1. The van der Waals surface area contributed by atoms with Crippen LogP contribution in [0.5, 0.6) is 5.75 Å². The number of fused-ring (bicyclic) bond motifs is 1. The van der Waals surface area contributed by atoms with E-state index in [1.54, 1.807) is 6.20 Å². The number of H-pyrrole nitrogens is 1. The number of halogens is 1. The summed E-state index contributed by atoms with van der Waals surface area (Å²) in [5.74, 6) is 0.293. The third kappa shape index (κ3) is 12.2. The number of aromatic nitrogens is 1. The van der Waals surface area contributed by atoms with E-state index < -0.39 is 7.82 Å². The molecule has 23 heavy (non-hydrogen) atoms. The second-order valence-corrected chi connectivity index (χ2v) is 7.49. The minimum atomic E-state index is -4.89. The first-order valence-corrected chi connectivity index (χ1v) is 8.79. The number of benzene rings is 1. The Labute approximate surface area is 143 Å². The van der Waals surface area contributed by atoms with E-state index in [2.05, 4.69) is 42.1 Å². The lowest BCUT2D eigenvalue weighted by molar-refractivity contribution is -0.870. The highest BCUT2D eigenvalue weighted by Gasteiger charge is 2.02. The van der Waals surface area contributed by atoms with E-state index in [4.69, 9.17) is 24.4 Å². The highest BCUT2D eigenvalue weighted by atomic mass is 79.9. The zero-order valence-electron chi connectivity index (χ0n) is 13.1. The molecule has 0 radical (unpaired) electrons. The lowest BCUT2D eigenvalue weighted by Gasteiger charge is -2.21. The standard InChI is InChI=1S/C8H6BrNO.C5H14NO.H3O4P/c9-5-1-2-7-6(3-5)8(11)4-10-7;1-6(2,3)4-5-7;1-5(2,3)4/h1-4,10-11H;7H,4-5H2,1-3H3;(H3,1,2,3,4)/q;+1;/p-1. The molecule has 1 aromatic heterocycles. The summed E-state index contributed by atoms with van der Waals surface area (Å²) in [4.78, 5) is 25.9. The summed E-state index contributed by atoms with van der Waals surface area (Å²) >= 11 is 3.33. The summed E-state index contributed by atoms with van der Waals surface area (Å²) in [6.45, 7) is 1.11. The maximum Gasteiger partial charge on any atom is 0.262 e. The Morgan fingerprint density at radius 1 is 1.30 bits per heavy atom. The van der Waals surface area contributed by atoms with E-state index in [1.165, 1.54) is 0 Å². The summed E-state index contributed by atoms with van der Waals surface area (Å²) in [6, 6.07) is 5.72. The maximum absolute atomic E-state index is 9.28. The van der Waals surface area contributed by atoms with Gasteiger partial charge in [-0.05, 0) is 18.2 Å². The van der Waals surface area contributed by atoms with Gasteiger partial charge in [0.05, 0.1) is 27.7 Å². The number of hydrogen-bond acceptors (Lipinski definition) is 4. The molecule has 1 heterocycles. The van der Waals surface area contributed by atoms with Gasteiger partial charge in [-0.25, -0.2) is 0 Å². The van der Waals surface area contributed by atoms with Crippen molar-refractivity contribution < 1.29 is 33.9 Å². The Morgan fingerprint density at radius 2 is 1.83 bits per heavy atom. The van der Waals surface area contributed by atoms with Crippen molar-refractivity contribution in [1.82, 2.24) is 4.98 Å². The van der Waals surface area contributed by atoms with Crippen LogP contribution in [-0.4, -0.2) is 63.8 Å². The molecule has 0 aliphatic rings. The van der Waals surface area contributed by atoms with Crippen LogP contribution in [0.1, 0.15) is 0 Å². The largest absolute Gasteiger partial charge is 0.756 e. The zero-order chi connectivity index (χ0) is 18.3. The van der Waals surface area contributed by atoms with Crippen molar-refractivity contribution in [2.45, 2.75) is 0 Å². The fourth-order valence-electron chi connectivity index (χ4n) is 1.38. The maximum atomic E-state index is 9.28. The molecule has 1 aromatic carbocycles. The van der Waals surface area contributed by atoms with Gasteiger partial charge in [0.1, 0.15) is 12.3 Å². The number of rotatable bonds is 2. The molecule has 0 aliphatic heterocycles. The molecule has 2 aromatic rings. The van der Waals surface area contributed by atoms with Gasteiger partial charge >= 0.3 is 0 Å². The number of aliphatic hydroxyl groups is 1. The Bertz CT molecular complexity index is 641. The number of phosphoric acid groups is 1. The van der Waals surface area contributed by atoms with Gasteiger partial charge in [0.15, 0.2) is 0 Å². The lowest BCUT2D eigenvalue weighted by Crippen LogP contribution is -2.36. The second kappa shape index (κ2) is 9.39. The first-order chi connectivity index (χ1) is 10.3. The molecule has 5 N–H and O–H groups in total. The van der Waals surface area contributed by atoms with Crippen molar-refractivity contribution in [1.29, 1.82) is 0 Å². The van der Waals surface area contributed by atoms with Gasteiger partial charge in [0.2, 0.25) is 0 Å². The third-order valence-electron chi connectivity index (χ3n) is 2.39. The van der Waals surface area contributed by atoms with Crippen LogP contribution in [0.2, 0.25) is 0 Å². The molecular formula is C13H22BrN2O6P. The number of nitrogens with zero attached hydrogens (tertiary/aromatic N) is 1. The highest BCUT2D eigenvalue weighted by molar-refractivity contribution is 9.10. The topological polar surface area (TPSA) is 137 Å². The van der Waals surface area contributed by atoms with Crippen LogP contribution < -0.4 is 4.89 Å². The molecule has 0 unspecified atom stereocenters. The van der Waals surface area contributed by atoms with Gasteiger partial charge < -0.3 is 34.4 Å². The Hall–Kier alpha value is -0.930. The molecule has 8 nitrogen and oxygen atoms in total. The van der Waals surface area contributed by atoms with Gasteiger partial charge in [0, 0.05) is 21.6 Å². The summed E-state index contributed by atoms with van der Waals surface area (Å²) in [5.41, 5.74) is 0.950. The zero-order valence-corrected chi connectivity index (χ0v) is 15.6. The van der Waals surface area contributed by atoms with E-state index in [-0.39, 0.29) is 6.61 Å². The summed E-state index contributed by atoms with van der Waals surface area (Å²) in [6.07, 6.45) is 1.58. The molecule has 0 amide bonds. The van der Waals surface area contributed by atoms with Gasteiger partial charge in [-0.15, -0.1) is 0 Å². The molecule has 0 fully saturated rings. The molecule has 132 valence electrons. The van der Waals surface area contributed by atoms with Crippen molar-refractivity contribution >= 4 is 34.7 Å². The molecule has 0 aliphatic carbocycles. The molecule has 2 rings (SSSR count). The fourth-order valence-corrected chi connectivity index (χ4v) is 1.74. The molecule has 10 heteroatoms. The predicted octanol–water partition coefficient (Wildman–Crippen LogP) is 0.760. The van der Waals surface area contributed by atoms with E-state index >= 15 is 0 Å².